The van der Waals surface area contributed by atoms with Crippen molar-refractivity contribution in [3.8, 4) is 11.1 Å². The molecule has 0 bridgehead atoms. The minimum Gasteiger partial charge on any atom is -0.326 e. The Morgan fingerprint density at radius 3 is 2.36 bits per heavy atom. The zero-order chi connectivity index (χ0) is 9.80. The molecular weight excluding hydrogens is 170 g/mol. The number of benzene rings is 2. The van der Waals surface area contributed by atoms with Crippen LogP contribution in [0.3, 0.4) is 0 Å². The molecule has 2 aromatic carbocycles. The second kappa shape index (κ2) is 4.07. The molecule has 69 valence electrons. The predicted molar refractivity (Wildman–Crippen MR) is 58.6 cm³/mol. The molecule has 0 atom stereocenters. The summed E-state index contributed by atoms with van der Waals surface area (Å²) < 4.78 is 0. The standard InChI is InChI=1S/C13H12N/c14-10-11-6-8-13(9-7-11)12-4-2-1-3-5-12/h1-4,6-9H,10,14H2. The minimum absolute atomic E-state index is 0.596. The summed E-state index contributed by atoms with van der Waals surface area (Å²) in [5.74, 6) is 0. The Morgan fingerprint density at radius 1 is 1.00 bits per heavy atom. The van der Waals surface area contributed by atoms with Crippen LogP contribution in [0, 0.1) is 6.07 Å². The van der Waals surface area contributed by atoms with E-state index in [9.17, 15) is 0 Å². The molecule has 1 heteroatoms. The van der Waals surface area contributed by atoms with Crippen LogP contribution in [0.15, 0.2) is 48.5 Å². The van der Waals surface area contributed by atoms with Crippen molar-refractivity contribution >= 4 is 0 Å². The van der Waals surface area contributed by atoms with Crippen molar-refractivity contribution in [1.29, 1.82) is 0 Å². The van der Waals surface area contributed by atoms with Gasteiger partial charge >= 0.3 is 0 Å². The molecule has 0 fully saturated rings. The lowest BCUT2D eigenvalue weighted by atomic mass is 10.0. The average Bonchev–Trinajstić information content (AvgIpc) is 2.30. The number of hydrogen-bond acceptors (Lipinski definition) is 1. The molecular formula is C13H12N. The van der Waals surface area contributed by atoms with Crippen molar-refractivity contribution in [1.82, 2.24) is 0 Å². The SMILES string of the molecule is NCc1ccc(-c2[c]cccc2)cc1. The van der Waals surface area contributed by atoms with E-state index in [1.807, 2.05) is 18.2 Å². The van der Waals surface area contributed by atoms with Crippen molar-refractivity contribution in [3.63, 3.8) is 0 Å². The summed E-state index contributed by atoms with van der Waals surface area (Å²) in [5.41, 5.74) is 8.99. The summed E-state index contributed by atoms with van der Waals surface area (Å²) in [7, 11) is 0. The molecule has 0 unspecified atom stereocenters. The van der Waals surface area contributed by atoms with Crippen LogP contribution in [0.4, 0.5) is 0 Å². The maximum absolute atomic E-state index is 5.53. The van der Waals surface area contributed by atoms with Gasteiger partial charge in [0.2, 0.25) is 0 Å². The van der Waals surface area contributed by atoms with E-state index in [0.717, 1.165) is 11.1 Å². The fraction of sp³-hybridized carbons (Fsp3) is 0.0769. The first-order valence-electron chi connectivity index (χ1n) is 4.66. The fourth-order valence-corrected chi connectivity index (χ4v) is 1.39. The van der Waals surface area contributed by atoms with Gasteiger partial charge in [-0.1, -0.05) is 48.5 Å². The van der Waals surface area contributed by atoms with Crippen molar-refractivity contribution in [3.05, 3.63) is 60.2 Å². The van der Waals surface area contributed by atoms with E-state index in [2.05, 4.69) is 36.4 Å². The van der Waals surface area contributed by atoms with E-state index in [1.165, 1.54) is 5.56 Å². The van der Waals surface area contributed by atoms with Crippen LogP contribution in [-0.4, -0.2) is 0 Å². The molecule has 0 amide bonds. The van der Waals surface area contributed by atoms with Gasteiger partial charge in [0.25, 0.3) is 0 Å². The number of nitrogens with two attached hydrogens (primary N) is 1. The summed E-state index contributed by atoms with van der Waals surface area (Å²) in [6, 6.07) is 19.4. The smallest absolute Gasteiger partial charge is 0.0178 e. The molecule has 0 saturated heterocycles. The third-order valence-electron chi connectivity index (χ3n) is 2.21. The van der Waals surface area contributed by atoms with E-state index < -0.39 is 0 Å². The first-order valence-corrected chi connectivity index (χ1v) is 4.66. The van der Waals surface area contributed by atoms with Gasteiger partial charge in [0.15, 0.2) is 0 Å². The highest BCUT2D eigenvalue weighted by atomic mass is 14.5. The van der Waals surface area contributed by atoms with E-state index >= 15 is 0 Å². The molecule has 0 aliphatic heterocycles. The Balaban J connectivity index is 2.34. The van der Waals surface area contributed by atoms with Crippen LogP contribution >= 0.6 is 0 Å². The molecule has 1 radical (unpaired) electrons. The normalized spacial score (nSPS) is 10.1. The molecule has 14 heavy (non-hydrogen) atoms. The van der Waals surface area contributed by atoms with E-state index in [1.54, 1.807) is 0 Å². The van der Waals surface area contributed by atoms with Gasteiger partial charge < -0.3 is 5.73 Å². The van der Waals surface area contributed by atoms with Gasteiger partial charge in [0.1, 0.15) is 0 Å². The van der Waals surface area contributed by atoms with Crippen molar-refractivity contribution in [2.75, 3.05) is 0 Å². The lowest BCUT2D eigenvalue weighted by Crippen LogP contribution is -1.95. The first-order chi connectivity index (χ1) is 6.90. The molecule has 0 aliphatic rings. The minimum atomic E-state index is 0.596. The largest absolute Gasteiger partial charge is 0.326 e. The molecule has 2 N–H and O–H groups in total. The van der Waals surface area contributed by atoms with Crippen LogP contribution in [0.2, 0.25) is 0 Å². The predicted octanol–water partition coefficient (Wildman–Crippen LogP) is 2.61. The second-order valence-corrected chi connectivity index (χ2v) is 3.18. The van der Waals surface area contributed by atoms with E-state index in [0.29, 0.717) is 6.54 Å². The Hall–Kier alpha value is -1.60. The lowest BCUT2D eigenvalue weighted by molar-refractivity contribution is 1.07. The second-order valence-electron chi connectivity index (χ2n) is 3.18. The molecule has 1 nitrogen and oxygen atoms in total. The van der Waals surface area contributed by atoms with Crippen LogP contribution in [0.5, 0.6) is 0 Å². The highest BCUT2D eigenvalue weighted by Crippen LogP contribution is 2.18. The van der Waals surface area contributed by atoms with Crippen molar-refractivity contribution in [2.45, 2.75) is 6.54 Å². The van der Waals surface area contributed by atoms with Gasteiger partial charge in [-0.05, 0) is 22.8 Å². The van der Waals surface area contributed by atoms with Crippen LogP contribution in [-0.2, 0) is 6.54 Å². The molecule has 0 heterocycles. The molecule has 2 rings (SSSR count). The Labute approximate surface area is 84.2 Å². The molecule has 0 saturated carbocycles. The van der Waals surface area contributed by atoms with E-state index in [4.69, 9.17) is 5.73 Å². The molecule has 0 aromatic heterocycles. The van der Waals surface area contributed by atoms with Gasteiger partial charge in [-0.25, -0.2) is 0 Å². The van der Waals surface area contributed by atoms with Crippen molar-refractivity contribution < 1.29 is 0 Å². The molecule has 2 aromatic rings. The highest BCUT2D eigenvalue weighted by molar-refractivity contribution is 5.62. The maximum Gasteiger partial charge on any atom is 0.0178 e. The summed E-state index contributed by atoms with van der Waals surface area (Å²) in [5, 5.41) is 0. The van der Waals surface area contributed by atoms with Crippen molar-refractivity contribution in [2.24, 2.45) is 5.73 Å². The average molecular weight is 182 g/mol. The summed E-state index contributed by atoms with van der Waals surface area (Å²) in [6.45, 7) is 0.596. The topological polar surface area (TPSA) is 26.0 Å². The zero-order valence-corrected chi connectivity index (χ0v) is 7.90. The summed E-state index contributed by atoms with van der Waals surface area (Å²) >= 11 is 0. The van der Waals surface area contributed by atoms with Gasteiger partial charge in [-0.3, -0.25) is 0 Å². The Bertz CT molecular complexity index is 389. The van der Waals surface area contributed by atoms with E-state index in [-0.39, 0.29) is 0 Å². The van der Waals surface area contributed by atoms with Gasteiger partial charge in [-0.15, -0.1) is 0 Å². The summed E-state index contributed by atoms with van der Waals surface area (Å²) in [4.78, 5) is 0. The van der Waals surface area contributed by atoms with Crippen LogP contribution in [0.1, 0.15) is 5.56 Å². The lowest BCUT2D eigenvalue weighted by Gasteiger charge is -2.01. The van der Waals surface area contributed by atoms with Crippen LogP contribution in [0.25, 0.3) is 11.1 Å². The third-order valence-corrected chi connectivity index (χ3v) is 2.21. The van der Waals surface area contributed by atoms with Gasteiger partial charge in [0, 0.05) is 6.54 Å². The quantitative estimate of drug-likeness (QED) is 0.759. The zero-order valence-electron chi connectivity index (χ0n) is 7.90. The molecule has 0 aliphatic carbocycles. The first kappa shape index (κ1) is 8.97. The Morgan fingerprint density at radius 2 is 1.79 bits per heavy atom. The van der Waals surface area contributed by atoms with Gasteiger partial charge in [0.05, 0.1) is 0 Å². The number of rotatable bonds is 2. The van der Waals surface area contributed by atoms with Crippen LogP contribution < -0.4 is 5.73 Å². The summed E-state index contributed by atoms with van der Waals surface area (Å²) in [6.07, 6.45) is 0. The number of hydrogen-bond donors (Lipinski definition) is 1. The monoisotopic (exact) mass is 182 g/mol. The third kappa shape index (κ3) is 1.83. The highest BCUT2D eigenvalue weighted by Gasteiger charge is 1.95. The maximum atomic E-state index is 5.53. The fourth-order valence-electron chi connectivity index (χ4n) is 1.39. The Kier molecular flexibility index (Phi) is 2.61. The van der Waals surface area contributed by atoms with Gasteiger partial charge in [-0.2, -0.15) is 0 Å². The molecule has 0 spiro atoms.